The SMILES string of the molecule is CC(C)(C)c1ccc(O)c(C2=CC=CC2)c1. The van der Waals surface area contributed by atoms with Crippen LogP contribution in [0.15, 0.2) is 36.4 Å². The number of hydrogen-bond acceptors (Lipinski definition) is 1. The maximum absolute atomic E-state index is 9.89. The molecule has 0 amide bonds. The van der Waals surface area contributed by atoms with E-state index in [2.05, 4.69) is 39.0 Å². The topological polar surface area (TPSA) is 20.2 Å². The Labute approximate surface area is 97.1 Å². The van der Waals surface area contributed by atoms with Crippen LogP contribution >= 0.6 is 0 Å². The molecule has 1 aromatic rings. The molecule has 0 fully saturated rings. The Morgan fingerprint density at radius 1 is 1.19 bits per heavy atom. The lowest BCUT2D eigenvalue weighted by Crippen LogP contribution is -2.11. The zero-order valence-electron chi connectivity index (χ0n) is 10.1. The molecule has 1 aliphatic carbocycles. The van der Waals surface area contributed by atoms with Gasteiger partial charge in [0.2, 0.25) is 0 Å². The standard InChI is InChI=1S/C15H18O/c1-15(2,3)12-8-9-14(16)13(10-12)11-6-4-5-7-11/h4-6,8-10,16H,7H2,1-3H3. The number of hydrogen-bond donors (Lipinski definition) is 1. The molecule has 0 atom stereocenters. The summed E-state index contributed by atoms with van der Waals surface area (Å²) in [7, 11) is 0. The van der Waals surface area contributed by atoms with Crippen molar-refractivity contribution in [2.24, 2.45) is 0 Å². The summed E-state index contributed by atoms with van der Waals surface area (Å²) in [5.41, 5.74) is 3.55. The summed E-state index contributed by atoms with van der Waals surface area (Å²) >= 11 is 0. The fraction of sp³-hybridized carbons (Fsp3) is 0.333. The van der Waals surface area contributed by atoms with E-state index in [9.17, 15) is 5.11 Å². The molecule has 1 nitrogen and oxygen atoms in total. The molecular weight excluding hydrogens is 196 g/mol. The predicted molar refractivity (Wildman–Crippen MR) is 68.5 cm³/mol. The maximum atomic E-state index is 9.89. The molecule has 84 valence electrons. The van der Waals surface area contributed by atoms with Gasteiger partial charge in [0, 0.05) is 5.56 Å². The van der Waals surface area contributed by atoms with Gasteiger partial charge in [0.1, 0.15) is 5.75 Å². The van der Waals surface area contributed by atoms with Gasteiger partial charge in [-0.15, -0.1) is 0 Å². The summed E-state index contributed by atoms with van der Waals surface area (Å²) < 4.78 is 0. The normalized spacial score (nSPS) is 15.3. The van der Waals surface area contributed by atoms with Crippen LogP contribution in [0.25, 0.3) is 5.57 Å². The first-order valence-corrected chi connectivity index (χ1v) is 5.68. The molecule has 0 bridgehead atoms. The molecule has 1 N–H and O–H groups in total. The molecule has 1 aromatic carbocycles. The van der Waals surface area contributed by atoms with Crippen molar-refractivity contribution in [2.75, 3.05) is 0 Å². The van der Waals surface area contributed by atoms with Crippen LogP contribution in [0.3, 0.4) is 0 Å². The highest BCUT2D eigenvalue weighted by molar-refractivity contribution is 5.75. The lowest BCUT2D eigenvalue weighted by molar-refractivity contribution is 0.472. The van der Waals surface area contributed by atoms with E-state index < -0.39 is 0 Å². The van der Waals surface area contributed by atoms with E-state index in [1.54, 1.807) is 6.07 Å². The third-order valence-corrected chi connectivity index (χ3v) is 2.98. The monoisotopic (exact) mass is 214 g/mol. The van der Waals surface area contributed by atoms with Gasteiger partial charge < -0.3 is 5.11 Å². The van der Waals surface area contributed by atoms with E-state index in [1.807, 2.05) is 12.1 Å². The van der Waals surface area contributed by atoms with Gasteiger partial charge in [-0.1, -0.05) is 45.1 Å². The highest BCUT2D eigenvalue weighted by Crippen LogP contribution is 2.34. The zero-order valence-corrected chi connectivity index (χ0v) is 10.1. The molecule has 0 saturated heterocycles. The van der Waals surface area contributed by atoms with Crippen molar-refractivity contribution in [3.8, 4) is 5.75 Å². The molecule has 1 heteroatoms. The molecule has 1 aliphatic rings. The molecule has 0 spiro atoms. The Bertz CT molecular complexity index is 459. The lowest BCUT2D eigenvalue weighted by atomic mass is 9.85. The molecule has 0 radical (unpaired) electrons. The summed E-state index contributed by atoms with van der Waals surface area (Å²) in [5.74, 6) is 0.378. The highest BCUT2D eigenvalue weighted by Gasteiger charge is 2.17. The Morgan fingerprint density at radius 3 is 2.50 bits per heavy atom. The van der Waals surface area contributed by atoms with Gasteiger partial charge in [-0.05, 0) is 35.1 Å². The zero-order chi connectivity index (χ0) is 11.8. The van der Waals surface area contributed by atoms with Crippen LogP contribution in [0.5, 0.6) is 5.75 Å². The predicted octanol–water partition coefficient (Wildman–Crippen LogP) is 4.03. The van der Waals surface area contributed by atoms with E-state index in [-0.39, 0.29) is 5.41 Å². The van der Waals surface area contributed by atoms with E-state index in [1.165, 1.54) is 11.1 Å². The molecule has 16 heavy (non-hydrogen) atoms. The van der Waals surface area contributed by atoms with Crippen molar-refractivity contribution in [1.29, 1.82) is 0 Å². The number of phenols is 1. The first-order valence-electron chi connectivity index (χ1n) is 5.68. The fourth-order valence-corrected chi connectivity index (χ4v) is 1.91. The number of benzene rings is 1. The molecule has 0 heterocycles. The average molecular weight is 214 g/mol. The van der Waals surface area contributed by atoms with Crippen LogP contribution in [-0.4, -0.2) is 5.11 Å². The van der Waals surface area contributed by atoms with Crippen LogP contribution < -0.4 is 0 Å². The van der Waals surface area contributed by atoms with Crippen LogP contribution in [0.4, 0.5) is 0 Å². The number of phenolic OH excluding ortho intramolecular Hbond substituents is 1. The first kappa shape index (κ1) is 11.0. The first-order chi connectivity index (χ1) is 7.48. The summed E-state index contributed by atoms with van der Waals surface area (Å²) in [5, 5.41) is 9.89. The minimum Gasteiger partial charge on any atom is -0.507 e. The maximum Gasteiger partial charge on any atom is 0.123 e. The van der Waals surface area contributed by atoms with Crippen molar-refractivity contribution in [3.63, 3.8) is 0 Å². The molecule has 0 saturated carbocycles. The number of aromatic hydroxyl groups is 1. The van der Waals surface area contributed by atoms with E-state index in [0.29, 0.717) is 5.75 Å². The second kappa shape index (κ2) is 3.82. The minimum absolute atomic E-state index is 0.120. The third-order valence-electron chi connectivity index (χ3n) is 2.98. The van der Waals surface area contributed by atoms with E-state index in [0.717, 1.165) is 12.0 Å². The molecule has 0 aliphatic heterocycles. The van der Waals surface area contributed by atoms with E-state index in [4.69, 9.17) is 0 Å². The van der Waals surface area contributed by atoms with Crippen molar-refractivity contribution in [3.05, 3.63) is 47.6 Å². The second-order valence-electron chi connectivity index (χ2n) is 5.31. The minimum atomic E-state index is 0.120. The van der Waals surface area contributed by atoms with Crippen LogP contribution in [-0.2, 0) is 5.41 Å². The van der Waals surface area contributed by atoms with Crippen molar-refractivity contribution in [1.82, 2.24) is 0 Å². The summed E-state index contributed by atoms with van der Waals surface area (Å²) in [6.45, 7) is 6.55. The molecule has 0 unspecified atom stereocenters. The Hall–Kier alpha value is -1.50. The quantitative estimate of drug-likeness (QED) is 0.748. The van der Waals surface area contributed by atoms with Crippen molar-refractivity contribution < 1.29 is 5.11 Å². The summed E-state index contributed by atoms with van der Waals surface area (Å²) in [6.07, 6.45) is 7.14. The van der Waals surface area contributed by atoms with Crippen LogP contribution in [0, 0.1) is 0 Å². The highest BCUT2D eigenvalue weighted by atomic mass is 16.3. The van der Waals surface area contributed by atoms with Gasteiger partial charge in [-0.3, -0.25) is 0 Å². The molecular formula is C15H18O. The van der Waals surface area contributed by atoms with Gasteiger partial charge >= 0.3 is 0 Å². The summed E-state index contributed by atoms with van der Waals surface area (Å²) in [6, 6.07) is 5.91. The largest absolute Gasteiger partial charge is 0.507 e. The second-order valence-corrected chi connectivity index (χ2v) is 5.31. The smallest absolute Gasteiger partial charge is 0.123 e. The average Bonchev–Trinajstić information content (AvgIpc) is 2.69. The van der Waals surface area contributed by atoms with Crippen molar-refractivity contribution in [2.45, 2.75) is 32.6 Å². The van der Waals surface area contributed by atoms with Gasteiger partial charge in [-0.25, -0.2) is 0 Å². The van der Waals surface area contributed by atoms with Crippen LogP contribution in [0.1, 0.15) is 38.3 Å². The van der Waals surface area contributed by atoms with Gasteiger partial charge in [0.05, 0.1) is 0 Å². The summed E-state index contributed by atoms with van der Waals surface area (Å²) in [4.78, 5) is 0. The lowest BCUT2D eigenvalue weighted by Gasteiger charge is -2.20. The van der Waals surface area contributed by atoms with E-state index >= 15 is 0 Å². The Balaban J connectivity index is 2.45. The Kier molecular flexibility index (Phi) is 2.63. The Morgan fingerprint density at radius 2 is 1.94 bits per heavy atom. The van der Waals surface area contributed by atoms with Gasteiger partial charge in [0.25, 0.3) is 0 Å². The third kappa shape index (κ3) is 2.04. The fourth-order valence-electron chi connectivity index (χ4n) is 1.91. The number of allylic oxidation sites excluding steroid dienone is 4. The molecule has 2 rings (SSSR count). The molecule has 0 aromatic heterocycles. The number of rotatable bonds is 1. The van der Waals surface area contributed by atoms with Crippen molar-refractivity contribution >= 4 is 5.57 Å². The van der Waals surface area contributed by atoms with Crippen LogP contribution in [0.2, 0.25) is 0 Å². The van der Waals surface area contributed by atoms with Gasteiger partial charge in [0.15, 0.2) is 0 Å². The van der Waals surface area contributed by atoms with Gasteiger partial charge in [-0.2, -0.15) is 0 Å².